The van der Waals surface area contributed by atoms with E-state index in [1.165, 1.54) is 0 Å². The van der Waals surface area contributed by atoms with Gasteiger partial charge in [0.1, 0.15) is 12.0 Å². The Bertz CT molecular complexity index is 1290. The fourth-order valence-electron chi connectivity index (χ4n) is 4.05. The first-order chi connectivity index (χ1) is 17.7. The summed E-state index contributed by atoms with van der Waals surface area (Å²) in [6, 6.07) is 13.8. The van der Waals surface area contributed by atoms with Gasteiger partial charge in [0.15, 0.2) is 5.60 Å². The second-order valence-corrected chi connectivity index (χ2v) is 9.33. The summed E-state index contributed by atoms with van der Waals surface area (Å²) < 4.78 is 22.7. The fourth-order valence-corrected chi connectivity index (χ4v) is 4.05. The molecule has 0 fully saturated rings. The standard InChI is InChI=1S/C28H32N4O5/c1-6-34-27(33)28(4,5)37-25-19(2)14-21(15-20(25)3)16-32(17-23-29-12-13-35-23)18-24-30-31-26(36-24)22-10-8-7-9-11-22/h7-15H,6,16-18H2,1-5H3. The molecule has 0 unspecified atom stereocenters. The SMILES string of the molecule is CCOC(=O)C(C)(C)Oc1c(C)cc(CN(Cc2ncco2)Cc2nnc(-c3ccccc3)o2)cc1C. The van der Waals surface area contributed by atoms with Crippen molar-refractivity contribution in [2.75, 3.05) is 6.61 Å². The average molecular weight is 505 g/mol. The van der Waals surface area contributed by atoms with Gasteiger partial charge in [-0.3, -0.25) is 4.90 Å². The van der Waals surface area contributed by atoms with Crippen molar-refractivity contribution in [2.24, 2.45) is 0 Å². The molecule has 4 aromatic rings. The molecule has 9 nitrogen and oxygen atoms in total. The van der Waals surface area contributed by atoms with Crippen molar-refractivity contribution < 1.29 is 23.1 Å². The molecular formula is C28H32N4O5. The van der Waals surface area contributed by atoms with Gasteiger partial charge in [-0.15, -0.1) is 10.2 Å². The number of esters is 1. The zero-order valence-corrected chi connectivity index (χ0v) is 21.9. The smallest absolute Gasteiger partial charge is 0.349 e. The van der Waals surface area contributed by atoms with Gasteiger partial charge in [-0.25, -0.2) is 9.78 Å². The van der Waals surface area contributed by atoms with E-state index in [0.717, 1.165) is 22.3 Å². The van der Waals surface area contributed by atoms with E-state index in [0.29, 0.717) is 49.7 Å². The van der Waals surface area contributed by atoms with Crippen LogP contribution in [0, 0.1) is 13.8 Å². The third kappa shape index (κ3) is 6.62. The van der Waals surface area contributed by atoms with E-state index in [-0.39, 0.29) is 0 Å². The molecule has 0 saturated heterocycles. The lowest BCUT2D eigenvalue weighted by atomic mass is 10.0. The molecule has 0 radical (unpaired) electrons. The quantitative estimate of drug-likeness (QED) is 0.253. The number of carbonyl (C=O) groups is 1. The molecule has 0 aliphatic heterocycles. The number of carbonyl (C=O) groups excluding carboxylic acids is 1. The largest absolute Gasteiger partial charge is 0.476 e. The number of hydrogen-bond acceptors (Lipinski definition) is 9. The van der Waals surface area contributed by atoms with Gasteiger partial charge in [0.05, 0.1) is 25.9 Å². The zero-order chi connectivity index (χ0) is 26.4. The molecule has 9 heteroatoms. The highest BCUT2D eigenvalue weighted by molar-refractivity contribution is 5.79. The number of aryl methyl sites for hydroxylation is 2. The van der Waals surface area contributed by atoms with E-state index >= 15 is 0 Å². The van der Waals surface area contributed by atoms with Gasteiger partial charge in [0.2, 0.25) is 17.7 Å². The van der Waals surface area contributed by atoms with Crippen molar-refractivity contribution in [3.8, 4) is 17.2 Å². The molecular weight excluding hydrogens is 472 g/mol. The van der Waals surface area contributed by atoms with E-state index in [4.69, 9.17) is 18.3 Å². The minimum Gasteiger partial charge on any atom is -0.476 e. The molecule has 2 aromatic carbocycles. The summed E-state index contributed by atoms with van der Waals surface area (Å²) in [4.78, 5) is 18.7. The van der Waals surface area contributed by atoms with Crippen molar-refractivity contribution in [1.82, 2.24) is 20.1 Å². The number of benzene rings is 2. The molecule has 0 saturated carbocycles. The second kappa shape index (κ2) is 11.4. The van der Waals surface area contributed by atoms with Crippen LogP contribution in [0.5, 0.6) is 5.75 Å². The Labute approximate surface area is 216 Å². The molecule has 0 aliphatic carbocycles. The molecule has 194 valence electrons. The fraction of sp³-hybridized carbons (Fsp3) is 0.357. The topological polar surface area (TPSA) is 104 Å². The summed E-state index contributed by atoms with van der Waals surface area (Å²) in [7, 11) is 0. The number of ether oxygens (including phenoxy) is 2. The van der Waals surface area contributed by atoms with Crippen LogP contribution < -0.4 is 4.74 Å². The summed E-state index contributed by atoms with van der Waals surface area (Å²) in [5.41, 5.74) is 2.68. The van der Waals surface area contributed by atoms with Crippen molar-refractivity contribution >= 4 is 5.97 Å². The molecule has 4 rings (SSSR count). The van der Waals surface area contributed by atoms with Crippen LogP contribution in [0.3, 0.4) is 0 Å². The lowest BCUT2D eigenvalue weighted by molar-refractivity contribution is -0.158. The number of rotatable bonds is 11. The van der Waals surface area contributed by atoms with Crippen LogP contribution in [-0.2, 0) is 29.2 Å². The summed E-state index contributed by atoms with van der Waals surface area (Å²) in [6.07, 6.45) is 3.18. The minimum absolute atomic E-state index is 0.301. The first-order valence-corrected chi connectivity index (χ1v) is 12.2. The number of aromatic nitrogens is 3. The van der Waals surface area contributed by atoms with Gasteiger partial charge in [-0.1, -0.05) is 30.3 Å². The molecule has 0 N–H and O–H groups in total. The first-order valence-electron chi connectivity index (χ1n) is 12.2. The monoisotopic (exact) mass is 504 g/mol. The Kier molecular flexibility index (Phi) is 8.03. The predicted octanol–water partition coefficient (Wildman–Crippen LogP) is 5.26. The first kappa shape index (κ1) is 26.1. The highest BCUT2D eigenvalue weighted by Crippen LogP contribution is 2.30. The summed E-state index contributed by atoms with van der Waals surface area (Å²) >= 11 is 0. The molecule has 2 aromatic heterocycles. The van der Waals surface area contributed by atoms with Crippen LogP contribution in [-0.4, -0.2) is 38.3 Å². The molecule has 37 heavy (non-hydrogen) atoms. The average Bonchev–Trinajstić information content (AvgIpc) is 3.55. The van der Waals surface area contributed by atoms with E-state index < -0.39 is 11.6 Å². The Hall–Kier alpha value is -3.98. The Morgan fingerprint density at radius 1 is 1.00 bits per heavy atom. The maximum atomic E-state index is 12.3. The van der Waals surface area contributed by atoms with Crippen LogP contribution in [0.4, 0.5) is 0 Å². The van der Waals surface area contributed by atoms with Crippen molar-refractivity contribution in [2.45, 2.75) is 59.9 Å². The van der Waals surface area contributed by atoms with Crippen molar-refractivity contribution in [1.29, 1.82) is 0 Å². The highest BCUT2D eigenvalue weighted by atomic mass is 16.6. The Morgan fingerprint density at radius 2 is 1.70 bits per heavy atom. The molecule has 0 aliphatic rings. The third-order valence-electron chi connectivity index (χ3n) is 5.74. The lowest BCUT2D eigenvalue weighted by Gasteiger charge is -2.27. The van der Waals surface area contributed by atoms with Gasteiger partial charge < -0.3 is 18.3 Å². The van der Waals surface area contributed by atoms with Gasteiger partial charge in [-0.05, 0) is 63.4 Å². The van der Waals surface area contributed by atoms with Crippen molar-refractivity contribution in [3.05, 3.63) is 83.4 Å². The van der Waals surface area contributed by atoms with Gasteiger partial charge in [0, 0.05) is 12.1 Å². The predicted molar refractivity (Wildman–Crippen MR) is 136 cm³/mol. The molecule has 0 atom stereocenters. The molecule has 0 spiro atoms. The Balaban J connectivity index is 1.53. The zero-order valence-electron chi connectivity index (χ0n) is 21.9. The van der Waals surface area contributed by atoms with Gasteiger partial charge in [0.25, 0.3) is 0 Å². The highest BCUT2D eigenvalue weighted by Gasteiger charge is 2.32. The van der Waals surface area contributed by atoms with Crippen molar-refractivity contribution in [3.63, 3.8) is 0 Å². The second-order valence-electron chi connectivity index (χ2n) is 9.33. The summed E-state index contributed by atoms with van der Waals surface area (Å²) in [5.74, 6) is 1.83. The molecule has 0 amide bonds. The lowest BCUT2D eigenvalue weighted by Crippen LogP contribution is -2.40. The van der Waals surface area contributed by atoms with Crippen LogP contribution in [0.15, 0.2) is 63.8 Å². The minimum atomic E-state index is -1.10. The maximum Gasteiger partial charge on any atom is 0.349 e. The normalized spacial score (nSPS) is 11.6. The summed E-state index contributed by atoms with van der Waals surface area (Å²) in [5, 5.41) is 8.46. The summed E-state index contributed by atoms with van der Waals surface area (Å²) in [6.45, 7) is 10.9. The van der Waals surface area contributed by atoms with Crippen LogP contribution >= 0.6 is 0 Å². The number of hydrogen-bond donors (Lipinski definition) is 0. The maximum absolute atomic E-state index is 12.3. The van der Waals surface area contributed by atoms with E-state index in [9.17, 15) is 4.79 Å². The van der Waals surface area contributed by atoms with E-state index in [1.54, 1.807) is 33.2 Å². The Morgan fingerprint density at radius 3 is 2.35 bits per heavy atom. The number of nitrogens with zero attached hydrogens (tertiary/aromatic N) is 4. The van der Waals surface area contributed by atoms with Crippen LogP contribution in [0.25, 0.3) is 11.5 Å². The number of oxazole rings is 1. The van der Waals surface area contributed by atoms with Crippen LogP contribution in [0.2, 0.25) is 0 Å². The van der Waals surface area contributed by atoms with Gasteiger partial charge in [-0.2, -0.15) is 0 Å². The third-order valence-corrected chi connectivity index (χ3v) is 5.74. The van der Waals surface area contributed by atoms with E-state index in [1.807, 2.05) is 44.2 Å². The van der Waals surface area contributed by atoms with Crippen LogP contribution in [0.1, 0.15) is 49.2 Å². The molecule has 2 heterocycles. The van der Waals surface area contributed by atoms with E-state index in [2.05, 4.69) is 32.2 Å². The van der Waals surface area contributed by atoms with Gasteiger partial charge >= 0.3 is 5.97 Å². The molecule has 0 bridgehead atoms.